The molecule has 0 aliphatic rings. The second kappa shape index (κ2) is 7.78. The second-order valence-corrected chi connectivity index (χ2v) is 6.84. The van der Waals surface area contributed by atoms with Crippen LogP contribution in [0.2, 0.25) is 0 Å². The number of benzene rings is 1. The Balaban J connectivity index is 2.23. The van der Waals surface area contributed by atoms with E-state index in [4.69, 9.17) is 4.74 Å². The standard InChI is InChI=1S/C15H18BrN3O2S/c1-4-6-13(14(20)21-3)22-15-17-10(2)19(18-15)12-8-5-7-11(16)9-12/h5,7-9,13H,4,6H2,1-3H3. The van der Waals surface area contributed by atoms with Crippen LogP contribution in [0.1, 0.15) is 25.6 Å². The van der Waals surface area contributed by atoms with Crippen LogP contribution in [0.5, 0.6) is 0 Å². The van der Waals surface area contributed by atoms with E-state index in [9.17, 15) is 4.79 Å². The summed E-state index contributed by atoms with van der Waals surface area (Å²) in [6, 6.07) is 7.84. The maximum Gasteiger partial charge on any atom is 0.319 e. The molecule has 118 valence electrons. The van der Waals surface area contributed by atoms with Crippen LogP contribution in [0.3, 0.4) is 0 Å². The Hall–Kier alpha value is -1.34. The van der Waals surface area contributed by atoms with Gasteiger partial charge >= 0.3 is 5.97 Å². The molecule has 1 aromatic heterocycles. The molecule has 0 N–H and O–H groups in total. The first kappa shape index (κ1) is 17.0. The van der Waals surface area contributed by atoms with Crippen molar-refractivity contribution in [3.05, 3.63) is 34.6 Å². The van der Waals surface area contributed by atoms with E-state index in [0.29, 0.717) is 5.16 Å². The summed E-state index contributed by atoms with van der Waals surface area (Å²) >= 11 is 4.80. The van der Waals surface area contributed by atoms with Crippen molar-refractivity contribution in [1.82, 2.24) is 14.8 Å². The van der Waals surface area contributed by atoms with Crippen LogP contribution in [-0.2, 0) is 9.53 Å². The largest absolute Gasteiger partial charge is 0.468 e. The van der Waals surface area contributed by atoms with E-state index in [1.807, 2.05) is 38.1 Å². The van der Waals surface area contributed by atoms with Gasteiger partial charge in [0.1, 0.15) is 11.1 Å². The SMILES string of the molecule is CCCC(Sc1nc(C)n(-c2cccc(Br)c2)n1)C(=O)OC. The summed E-state index contributed by atoms with van der Waals surface area (Å²) in [5.74, 6) is 0.545. The van der Waals surface area contributed by atoms with Gasteiger partial charge in [0, 0.05) is 4.47 Å². The highest BCUT2D eigenvalue weighted by Crippen LogP contribution is 2.26. The minimum atomic E-state index is -0.271. The monoisotopic (exact) mass is 383 g/mol. The lowest BCUT2D eigenvalue weighted by atomic mass is 10.2. The Morgan fingerprint density at radius 1 is 1.50 bits per heavy atom. The predicted octanol–water partition coefficient (Wildman–Crippen LogP) is 3.77. The molecule has 0 aliphatic heterocycles. The van der Waals surface area contributed by atoms with Gasteiger partial charge in [-0.15, -0.1) is 5.10 Å². The average molecular weight is 384 g/mol. The molecule has 0 radical (unpaired) electrons. The summed E-state index contributed by atoms with van der Waals surface area (Å²) in [5, 5.41) is 4.81. The van der Waals surface area contributed by atoms with Crippen molar-refractivity contribution in [2.75, 3.05) is 7.11 Å². The number of carbonyl (C=O) groups excluding carboxylic acids is 1. The first-order valence-electron chi connectivity index (χ1n) is 6.99. The summed E-state index contributed by atoms with van der Waals surface area (Å²) in [6.45, 7) is 3.93. The van der Waals surface area contributed by atoms with Crippen molar-refractivity contribution in [2.45, 2.75) is 37.1 Å². The summed E-state index contributed by atoms with van der Waals surface area (Å²) in [6.07, 6.45) is 1.64. The number of thioether (sulfide) groups is 1. The molecule has 0 fully saturated rings. The molecule has 0 bridgehead atoms. The Morgan fingerprint density at radius 2 is 2.27 bits per heavy atom. The lowest BCUT2D eigenvalue weighted by molar-refractivity contribution is -0.140. The van der Waals surface area contributed by atoms with Crippen molar-refractivity contribution in [3.63, 3.8) is 0 Å². The van der Waals surface area contributed by atoms with E-state index in [1.165, 1.54) is 18.9 Å². The first-order chi connectivity index (χ1) is 10.5. The number of ether oxygens (including phenoxy) is 1. The Labute approximate surface area is 142 Å². The Morgan fingerprint density at radius 3 is 2.91 bits per heavy atom. The summed E-state index contributed by atoms with van der Waals surface area (Å²) < 4.78 is 7.60. The molecule has 0 saturated heterocycles. The average Bonchev–Trinajstić information content (AvgIpc) is 2.86. The summed E-state index contributed by atoms with van der Waals surface area (Å²) in [4.78, 5) is 16.2. The van der Waals surface area contributed by atoms with Crippen molar-refractivity contribution in [3.8, 4) is 5.69 Å². The first-order valence-corrected chi connectivity index (χ1v) is 8.66. The third-order valence-electron chi connectivity index (χ3n) is 3.06. The predicted molar refractivity (Wildman–Crippen MR) is 90.4 cm³/mol. The zero-order valence-electron chi connectivity index (χ0n) is 12.7. The van der Waals surface area contributed by atoms with Gasteiger partial charge in [0.05, 0.1) is 12.8 Å². The molecule has 0 spiro atoms. The molecule has 1 heterocycles. The molecule has 1 unspecified atom stereocenters. The fourth-order valence-corrected chi connectivity index (χ4v) is 3.52. The van der Waals surface area contributed by atoms with Crippen LogP contribution in [-0.4, -0.2) is 33.1 Å². The van der Waals surface area contributed by atoms with E-state index in [2.05, 4.69) is 26.0 Å². The summed E-state index contributed by atoms with van der Waals surface area (Å²) in [7, 11) is 1.41. The number of carbonyl (C=O) groups is 1. The van der Waals surface area contributed by atoms with E-state index < -0.39 is 0 Å². The van der Waals surface area contributed by atoms with Crippen molar-refractivity contribution in [1.29, 1.82) is 0 Å². The molecule has 1 aromatic carbocycles. The highest BCUT2D eigenvalue weighted by Gasteiger charge is 2.22. The molecule has 2 rings (SSSR count). The quantitative estimate of drug-likeness (QED) is 0.561. The zero-order valence-corrected chi connectivity index (χ0v) is 15.1. The van der Waals surface area contributed by atoms with Gasteiger partial charge in [0.15, 0.2) is 0 Å². The van der Waals surface area contributed by atoms with E-state index in [1.54, 1.807) is 4.68 Å². The molecular weight excluding hydrogens is 366 g/mol. The van der Waals surface area contributed by atoms with Crippen molar-refractivity contribution in [2.24, 2.45) is 0 Å². The van der Waals surface area contributed by atoms with Gasteiger partial charge < -0.3 is 4.74 Å². The highest BCUT2D eigenvalue weighted by atomic mass is 79.9. The van der Waals surface area contributed by atoms with Gasteiger partial charge in [-0.2, -0.15) is 0 Å². The summed E-state index contributed by atoms with van der Waals surface area (Å²) in [5.41, 5.74) is 0.927. The van der Waals surface area contributed by atoms with Crippen LogP contribution < -0.4 is 0 Å². The molecule has 5 nitrogen and oxygen atoms in total. The maximum absolute atomic E-state index is 11.8. The van der Waals surface area contributed by atoms with Gasteiger partial charge in [-0.25, -0.2) is 9.67 Å². The van der Waals surface area contributed by atoms with E-state index in [-0.39, 0.29) is 11.2 Å². The fourth-order valence-electron chi connectivity index (χ4n) is 2.01. The Kier molecular flexibility index (Phi) is 6.02. The number of aryl methyl sites for hydroxylation is 1. The minimum absolute atomic E-state index is 0.233. The smallest absolute Gasteiger partial charge is 0.319 e. The van der Waals surface area contributed by atoms with Gasteiger partial charge in [-0.3, -0.25) is 4.79 Å². The normalized spacial score (nSPS) is 12.2. The molecule has 22 heavy (non-hydrogen) atoms. The molecule has 0 aliphatic carbocycles. The van der Waals surface area contributed by atoms with Crippen LogP contribution in [0, 0.1) is 6.92 Å². The second-order valence-electron chi connectivity index (χ2n) is 4.75. The van der Waals surface area contributed by atoms with Crippen LogP contribution >= 0.6 is 27.7 Å². The topological polar surface area (TPSA) is 57.0 Å². The van der Waals surface area contributed by atoms with Crippen LogP contribution in [0.25, 0.3) is 5.69 Å². The van der Waals surface area contributed by atoms with Gasteiger partial charge in [0.25, 0.3) is 0 Å². The number of hydrogen-bond donors (Lipinski definition) is 0. The fraction of sp³-hybridized carbons (Fsp3) is 0.400. The highest BCUT2D eigenvalue weighted by molar-refractivity contribution is 9.10. The number of nitrogens with zero attached hydrogens (tertiary/aromatic N) is 3. The third kappa shape index (κ3) is 4.10. The molecule has 2 aromatic rings. The van der Waals surface area contributed by atoms with Crippen LogP contribution in [0.4, 0.5) is 0 Å². The van der Waals surface area contributed by atoms with Crippen LogP contribution in [0.15, 0.2) is 33.9 Å². The number of hydrogen-bond acceptors (Lipinski definition) is 5. The minimum Gasteiger partial charge on any atom is -0.468 e. The number of methoxy groups -OCH3 is 1. The van der Waals surface area contributed by atoms with Gasteiger partial charge in [0.2, 0.25) is 5.16 Å². The number of halogens is 1. The Bertz CT molecular complexity index is 660. The molecular formula is C15H18BrN3O2S. The maximum atomic E-state index is 11.8. The third-order valence-corrected chi connectivity index (χ3v) is 4.65. The number of aromatic nitrogens is 3. The molecule has 0 amide bonds. The van der Waals surface area contributed by atoms with E-state index >= 15 is 0 Å². The molecule has 1 atom stereocenters. The lowest BCUT2D eigenvalue weighted by Crippen LogP contribution is -2.18. The number of rotatable bonds is 6. The lowest BCUT2D eigenvalue weighted by Gasteiger charge is -2.10. The molecule has 0 saturated carbocycles. The number of esters is 1. The molecule has 7 heteroatoms. The zero-order chi connectivity index (χ0) is 16.1. The van der Waals surface area contributed by atoms with Crippen molar-refractivity contribution >= 4 is 33.7 Å². The van der Waals surface area contributed by atoms with Gasteiger partial charge in [-0.05, 0) is 31.5 Å². The van der Waals surface area contributed by atoms with Crippen molar-refractivity contribution < 1.29 is 9.53 Å². The van der Waals surface area contributed by atoms with Gasteiger partial charge in [-0.1, -0.05) is 47.1 Å². The van der Waals surface area contributed by atoms with E-state index in [0.717, 1.165) is 28.8 Å².